The summed E-state index contributed by atoms with van der Waals surface area (Å²) < 4.78 is 4.96. The molecule has 19 heavy (non-hydrogen) atoms. The molecule has 0 bridgehead atoms. The number of nitrogens with one attached hydrogen (secondary N) is 1. The molecule has 1 rings (SSSR count). The van der Waals surface area contributed by atoms with Crippen LogP contribution in [0.25, 0.3) is 0 Å². The Morgan fingerprint density at radius 1 is 1.47 bits per heavy atom. The molecule has 1 saturated heterocycles. The van der Waals surface area contributed by atoms with E-state index in [-0.39, 0.29) is 5.97 Å². The maximum atomic E-state index is 12.0. The van der Waals surface area contributed by atoms with Gasteiger partial charge in [0.05, 0.1) is 7.11 Å². The zero-order valence-electron chi connectivity index (χ0n) is 13.2. The van der Waals surface area contributed by atoms with Gasteiger partial charge in [-0.05, 0) is 45.6 Å². The summed E-state index contributed by atoms with van der Waals surface area (Å²) in [6.45, 7) is 11.6. The van der Waals surface area contributed by atoms with Crippen LogP contribution in [0.5, 0.6) is 0 Å². The minimum atomic E-state index is -0.559. The molecule has 112 valence electrons. The van der Waals surface area contributed by atoms with Gasteiger partial charge in [0.1, 0.15) is 5.54 Å². The molecule has 0 aromatic rings. The van der Waals surface area contributed by atoms with Gasteiger partial charge in [-0.2, -0.15) is 0 Å². The van der Waals surface area contributed by atoms with Gasteiger partial charge in [-0.15, -0.1) is 0 Å². The van der Waals surface area contributed by atoms with Crippen LogP contribution in [0.1, 0.15) is 47.0 Å². The molecule has 4 heteroatoms. The van der Waals surface area contributed by atoms with Crippen LogP contribution < -0.4 is 5.32 Å². The molecular formula is C15H30N2O2. The largest absolute Gasteiger partial charge is 0.468 e. The number of methoxy groups -OCH3 is 1. The van der Waals surface area contributed by atoms with Crippen LogP contribution in [0.15, 0.2) is 0 Å². The summed E-state index contributed by atoms with van der Waals surface area (Å²) in [7, 11) is 1.47. The molecule has 1 N–H and O–H groups in total. The predicted molar refractivity (Wildman–Crippen MR) is 78.1 cm³/mol. The van der Waals surface area contributed by atoms with E-state index in [2.05, 4.69) is 31.0 Å². The highest BCUT2D eigenvalue weighted by atomic mass is 16.5. The van der Waals surface area contributed by atoms with Crippen molar-refractivity contribution in [3.8, 4) is 0 Å². The third-order valence-corrected chi connectivity index (χ3v) is 4.21. The number of carbonyl (C=O) groups is 1. The molecule has 3 unspecified atom stereocenters. The van der Waals surface area contributed by atoms with Crippen LogP contribution in [0.2, 0.25) is 0 Å². The lowest BCUT2D eigenvalue weighted by molar-refractivity contribution is -0.148. The maximum Gasteiger partial charge on any atom is 0.325 e. The van der Waals surface area contributed by atoms with Crippen molar-refractivity contribution >= 4 is 5.97 Å². The van der Waals surface area contributed by atoms with Gasteiger partial charge in [-0.3, -0.25) is 4.79 Å². The number of nitrogens with zero attached hydrogens (tertiary/aromatic N) is 1. The Balaban J connectivity index is 2.55. The van der Waals surface area contributed by atoms with Gasteiger partial charge in [-0.1, -0.05) is 13.8 Å². The lowest BCUT2D eigenvalue weighted by atomic mass is 9.97. The van der Waals surface area contributed by atoms with Gasteiger partial charge in [0.2, 0.25) is 0 Å². The zero-order valence-corrected chi connectivity index (χ0v) is 13.2. The Hall–Kier alpha value is -0.610. The van der Waals surface area contributed by atoms with Crippen LogP contribution in [-0.4, -0.2) is 49.2 Å². The normalized spacial score (nSPS) is 27.2. The molecule has 1 aliphatic rings. The fraction of sp³-hybridized carbons (Fsp3) is 0.933. The highest BCUT2D eigenvalue weighted by Gasteiger charge is 2.35. The van der Waals surface area contributed by atoms with E-state index >= 15 is 0 Å². The number of hydrogen-bond acceptors (Lipinski definition) is 4. The maximum absolute atomic E-state index is 12.0. The van der Waals surface area contributed by atoms with Crippen LogP contribution in [0.4, 0.5) is 0 Å². The number of likely N-dealkylation sites (tertiary alicyclic amines) is 1. The average Bonchev–Trinajstić information content (AvgIpc) is 2.71. The fourth-order valence-electron chi connectivity index (χ4n) is 2.95. The Kier molecular flexibility index (Phi) is 6.27. The molecule has 0 aromatic carbocycles. The molecule has 1 aliphatic heterocycles. The van der Waals surface area contributed by atoms with E-state index < -0.39 is 5.54 Å². The molecule has 0 aromatic heterocycles. The quantitative estimate of drug-likeness (QED) is 0.719. The summed E-state index contributed by atoms with van der Waals surface area (Å²) in [4.78, 5) is 14.5. The first-order valence-corrected chi connectivity index (χ1v) is 7.50. The lowest BCUT2D eigenvalue weighted by Crippen LogP contribution is -2.52. The summed E-state index contributed by atoms with van der Waals surface area (Å²) in [5.74, 6) is 0.615. The van der Waals surface area contributed by atoms with Gasteiger partial charge < -0.3 is 15.0 Å². The Bertz CT molecular complexity index is 296. The Morgan fingerprint density at radius 2 is 2.16 bits per heavy atom. The van der Waals surface area contributed by atoms with Gasteiger partial charge >= 0.3 is 5.97 Å². The molecular weight excluding hydrogens is 240 g/mol. The second-order valence-electron chi connectivity index (χ2n) is 6.19. The smallest absolute Gasteiger partial charge is 0.325 e. The monoisotopic (exact) mass is 270 g/mol. The number of ether oxygens (including phenoxy) is 1. The Labute approximate surface area is 117 Å². The molecule has 0 aliphatic carbocycles. The molecule has 4 nitrogen and oxygen atoms in total. The van der Waals surface area contributed by atoms with Crippen LogP contribution in [-0.2, 0) is 9.53 Å². The van der Waals surface area contributed by atoms with Crippen molar-refractivity contribution in [3.05, 3.63) is 0 Å². The van der Waals surface area contributed by atoms with Crippen molar-refractivity contribution in [3.63, 3.8) is 0 Å². The van der Waals surface area contributed by atoms with Crippen molar-refractivity contribution in [1.29, 1.82) is 0 Å². The number of rotatable bonds is 7. The molecule has 0 spiro atoms. The van der Waals surface area contributed by atoms with E-state index in [9.17, 15) is 4.79 Å². The molecule has 0 saturated carbocycles. The first-order chi connectivity index (χ1) is 8.92. The summed E-state index contributed by atoms with van der Waals surface area (Å²) in [5.41, 5.74) is -0.559. The average molecular weight is 270 g/mol. The molecule has 1 fully saturated rings. The molecule has 3 atom stereocenters. The molecule has 1 heterocycles. The second-order valence-corrected chi connectivity index (χ2v) is 6.19. The summed E-state index contributed by atoms with van der Waals surface area (Å²) >= 11 is 0. The van der Waals surface area contributed by atoms with E-state index in [0.717, 1.165) is 38.4 Å². The first-order valence-electron chi connectivity index (χ1n) is 7.50. The van der Waals surface area contributed by atoms with Crippen molar-refractivity contribution in [1.82, 2.24) is 10.2 Å². The van der Waals surface area contributed by atoms with E-state index in [4.69, 9.17) is 4.74 Å². The SMILES string of the molecule is CCCNC(C)(CCN1CC(C)CC1C)C(=O)OC. The highest BCUT2D eigenvalue weighted by molar-refractivity contribution is 5.80. The number of carbonyl (C=O) groups excluding carboxylic acids is 1. The topological polar surface area (TPSA) is 41.6 Å². The third-order valence-electron chi connectivity index (χ3n) is 4.21. The fourth-order valence-corrected chi connectivity index (χ4v) is 2.95. The van der Waals surface area contributed by atoms with Crippen LogP contribution >= 0.6 is 0 Å². The Morgan fingerprint density at radius 3 is 2.63 bits per heavy atom. The third kappa shape index (κ3) is 4.46. The van der Waals surface area contributed by atoms with Crippen molar-refractivity contribution < 1.29 is 9.53 Å². The zero-order chi connectivity index (χ0) is 14.5. The van der Waals surface area contributed by atoms with E-state index in [0.29, 0.717) is 6.04 Å². The minimum Gasteiger partial charge on any atom is -0.468 e. The number of hydrogen-bond donors (Lipinski definition) is 1. The van der Waals surface area contributed by atoms with Crippen molar-refractivity contribution in [2.45, 2.75) is 58.5 Å². The molecule has 0 radical (unpaired) electrons. The first kappa shape index (κ1) is 16.4. The van der Waals surface area contributed by atoms with Gasteiger partial charge in [-0.25, -0.2) is 0 Å². The van der Waals surface area contributed by atoms with Crippen LogP contribution in [0.3, 0.4) is 0 Å². The van der Waals surface area contributed by atoms with Gasteiger partial charge in [0.25, 0.3) is 0 Å². The lowest BCUT2D eigenvalue weighted by Gasteiger charge is -2.31. The standard InChI is InChI=1S/C15H30N2O2/c1-6-8-16-15(4,14(18)19-5)7-9-17-11-12(2)10-13(17)3/h12-13,16H,6-11H2,1-5H3. The summed E-state index contributed by atoms with van der Waals surface area (Å²) in [6.07, 6.45) is 3.08. The van der Waals surface area contributed by atoms with E-state index in [1.165, 1.54) is 13.5 Å². The molecule has 0 amide bonds. The van der Waals surface area contributed by atoms with E-state index in [1.54, 1.807) is 0 Å². The second kappa shape index (κ2) is 7.25. The van der Waals surface area contributed by atoms with Crippen LogP contribution in [0, 0.1) is 5.92 Å². The minimum absolute atomic E-state index is 0.152. The van der Waals surface area contributed by atoms with E-state index in [1.807, 2.05) is 6.92 Å². The number of esters is 1. The van der Waals surface area contributed by atoms with Gasteiger partial charge in [0, 0.05) is 19.1 Å². The predicted octanol–water partition coefficient (Wildman–Crippen LogP) is 2.04. The summed E-state index contributed by atoms with van der Waals surface area (Å²) in [6, 6.07) is 0.628. The summed E-state index contributed by atoms with van der Waals surface area (Å²) in [5, 5.41) is 3.35. The van der Waals surface area contributed by atoms with Crippen molar-refractivity contribution in [2.24, 2.45) is 5.92 Å². The van der Waals surface area contributed by atoms with Gasteiger partial charge in [0.15, 0.2) is 0 Å². The van der Waals surface area contributed by atoms with Crippen molar-refractivity contribution in [2.75, 3.05) is 26.7 Å². The highest BCUT2D eigenvalue weighted by Crippen LogP contribution is 2.24.